The fraction of sp³-hybridized carbons (Fsp3) is 0.0588. The number of halogens is 2. The average Bonchev–Trinajstić information content (AvgIpc) is 3.16. The summed E-state index contributed by atoms with van der Waals surface area (Å²) >= 11 is 4.60. The summed E-state index contributed by atoms with van der Waals surface area (Å²) in [7, 11) is 0. The van der Waals surface area contributed by atoms with Gasteiger partial charge in [-0.25, -0.2) is 9.38 Å². The summed E-state index contributed by atoms with van der Waals surface area (Å²) in [6, 6.07) is 9.72. The highest BCUT2D eigenvalue weighted by atomic mass is 79.9. The molecule has 126 valence electrons. The number of ether oxygens (including phenoxy) is 2. The van der Waals surface area contributed by atoms with Crippen LogP contribution in [-0.2, 0) is 4.79 Å². The number of hydrogen-bond acceptors (Lipinski definition) is 5. The summed E-state index contributed by atoms with van der Waals surface area (Å²) in [6.45, 7) is 0.177. The number of thioether (sulfide) groups is 1. The van der Waals surface area contributed by atoms with E-state index in [1.165, 1.54) is 6.07 Å². The third-order valence-electron chi connectivity index (χ3n) is 3.50. The first-order valence-corrected chi connectivity index (χ1v) is 8.84. The lowest BCUT2D eigenvalue weighted by atomic mass is 10.2. The van der Waals surface area contributed by atoms with E-state index >= 15 is 0 Å². The average molecular weight is 421 g/mol. The Kier molecular flexibility index (Phi) is 4.22. The number of hydrogen-bond donors (Lipinski definition) is 1. The largest absolute Gasteiger partial charge is 0.454 e. The molecule has 0 radical (unpaired) electrons. The molecule has 2 aromatic carbocycles. The van der Waals surface area contributed by atoms with Crippen molar-refractivity contribution in [2.45, 2.75) is 0 Å². The molecule has 0 unspecified atom stereocenters. The van der Waals surface area contributed by atoms with Gasteiger partial charge in [0.05, 0.1) is 4.91 Å². The topological polar surface area (TPSA) is 59.9 Å². The minimum atomic E-state index is -0.444. The second-order valence-corrected chi connectivity index (χ2v) is 7.05. The summed E-state index contributed by atoms with van der Waals surface area (Å²) in [5.74, 6) is 0.545. The number of carbonyl (C=O) groups is 1. The normalized spacial score (nSPS) is 18.9. The Balaban J connectivity index is 1.63. The van der Waals surface area contributed by atoms with Crippen molar-refractivity contribution in [3.8, 4) is 11.5 Å². The van der Waals surface area contributed by atoms with Crippen LogP contribution in [0.15, 0.2) is 50.8 Å². The van der Waals surface area contributed by atoms with Gasteiger partial charge in [-0.05, 0) is 47.7 Å². The standard InChI is InChI=1S/C17H10BrFN2O3S/c18-10-7-14-13(23-8-24-14)5-9(10)6-15-16(22)21-17(25-15)20-12-4-2-1-3-11(12)19/h1-7H,8H2,(H,20,21,22)/b15-6-. The maximum absolute atomic E-state index is 13.7. The highest BCUT2D eigenvalue weighted by Crippen LogP contribution is 2.39. The first-order chi connectivity index (χ1) is 12.1. The molecule has 2 heterocycles. The second-order valence-electron chi connectivity index (χ2n) is 5.16. The lowest BCUT2D eigenvalue weighted by molar-refractivity contribution is -0.115. The van der Waals surface area contributed by atoms with Gasteiger partial charge in [0.1, 0.15) is 11.5 Å². The number of carbonyl (C=O) groups excluding carboxylic acids is 1. The number of rotatable bonds is 2. The SMILES string of the molecule is O=C1NC(=Nc2ccccc2F)S/C1=C\c1cc2c(cc1Br)OCO2. The maximum Gasteiger partial charge on any atom is 0.264 e. The van der Waals surface area contributed by atoms with Gasteiger partial charge in [-0.3, -0.25) is 4.79 Å². The fourth-order valence-electron chi connectivity index (χ4n) is 2.32. The van der Waals surface area contributed by atoms with Gasteiger partial charge in [0.15, 0.2) is 16.7 Å². The van der Waals surface area contributed by atoms with E-state index in [1.807, 2.05) is 0 Å². The molecule has 2 aliphatic heterocycles. The summed E-state index contributed by atoms with van der Waals surface area (Å²) < 4.78 is 25.1. The van der Waals surface area contributed by atoms with E-state index in [0.717, 1.165) is 21.8 Å². The fourth-order valence-corrected chi connectivity index (χ4v) is 3.58. The maximum atomic E-state index is 13.7. The minimum Gasteiger partial charge on any atom is -0.454 e. The number of amides is 1. The van der Waals surface area contributed by atoms with Gasteiger partial charge in [0, 0.05) is 4.47 Å². The van der Waals surface area contributed by atoms with Crippen molar-refractivity contribution >= 4 is 50.5 Å². The van der Waals surface area contributed by atoms with Crippen molar-refractivity contribution < 1.29 is 18.7 Å². The Labute approximate surface area is 155 Å². The molecule has 8 heteroatoms. The van der Waals surface area contributed by atoms with E-state index in [4.69, 9.17) is 9.47 Å². The smallest absolute Gasteiger partial charge is 0.264 e. The highest BCUT2D eigenvalue weighted by Gasteiger charge is 2.25. The van der Waals surface area contributed by atoms with E-state index in [2.05, 4.69) is 26.2 Å². The van der Waals surface area contributed by atoms with Crippen molar-refractivity contribution in [2.75, 3.05) is 6.79 Å². The van der Waals surface area contributed by atoms with E-state index < -0.39 is 5.82 Å². The van der Waals surface area contributed by atoms with Crippen molar-refractivity contribution in [1.82, 2.24) is 5.32 Å². The van der Waals surface area contributed by atoms with Crippen molar-refractivity contribution in [3.63, 3.8) is 0 Å². The Bertz CT molecular complexity index is 945. The second kappa shape index (κ2) is 6.53. The number of fused-ring (bicyclic) bond motifs is 1. The molecule has 1 fully saturated rings. The van der Waals surface area contributed by atoms with Crippen LogP contribution in [0.3, 0.4) is 0 Å². The molecule has 5 nitrogen and oxygen atoms in total. The zero-order valence-corrected chi connectivity index (χ0v) is 15.0. The molecule has 0 aromatic heterocycles. The van der Waals surface area contributed by atoms with E-state index in [0.29, 0.717) is 21.6 Å². The molecule has 0 aliphatic carbocycles. The van der Waals surface area contributed by atoms with E-state index in [1.54, 1.807) is 36.4 Å². The highest BCUT2D eigenvalue weighted by molar-refractivity contribution is 9.10. The molecule has 0 bridgehead atoms. The van der Waals surface area contributed by atoms with Gasteiger partial charge in [-0.15, -0.1) is 0 Å². The monoisotopic (exact) mass is 420 g/mol. The summed E-state index contributed by atoms with van der Waals surface area (Å²) in [6.07, 6.45) is 1.72. The molecular weight excluding hydrogens is 411 g/mol. The molecule has 0 spiro atoms. The first kappa shape index (κ1) is 16.2. The zero-order valence-electron chi connectivity index (χ0n) is 12.6. The van der Waals surface area contributed by atoms with E-state index in [9.17, 15) is 9.18 Å². The Morgan fingerprint density at radius 3 is 2.80 bits per heavy atom. The van der Waals surface area contributed by atoms with Crippen LogP contribution in [0.4, 0.5) is 10.1 Å². The van der Waals surface area contributed by atoms with Crippen molar-refractivity contribution in [1.29, 1.82) is 0 Å². The molecule has 1 N–H and O–H groups in total. The molecule has 0 saturated carbocycles. The number of para-hydroxylation sites is 1. The number of amidine groups is 1. The summed E-state index contributed by atoms with van der Waals surface area (Å²) in [5, 5.41) is 2.97. The number of nitrogens with one attached hydrogen (secondary N) is 1. The van der Waals surface area contributed by atoms with Gasteiger partial charge in [0.2, 0.25) is 6.79 Å². The van der Waals surface area contributed by atoms with Crippen molar-refractivity contribution in [3.05, 3.63) is 57.2 Å². The van der Waals surface area contributed by atoms with Crippen LogP contribution in [0, 0.1) is 5.82 Å². The zero-order chi connectivity index (χ0) is 17.4. The van der Waals surface area contributed by atoms with E-state index in [-0.39, 0.29) is 18.4 Å². The lowest BCUT2D eigenvalue weighted by Crippen LogP contribution is -2.19. The summed E-state index contributed by atoms with van der Waals surface area (Å²) in [4.78, 5) is 16.8. The Hall–Kier alpha value is -2.32. The van der Waals surface area contributed by atoms with Crippen LogP contribution in [0.25, 0.3) is 6.08 Å². The number of nitrogens with zero attached hydrogens (tertiary/aromatic N) is 1. The van der Waals surface area contributed by atoms with Crippen molar-refractivity contribution in [2.24, 2.45) is 4.99 Å². The Morgan fingerprint density at radius 1 is 1.24 bits per heavy atom. The van der Waals surface area contributed by atoms with Crippen LogP contribution in [0.1, 0.15) is 5.56 Å². The van der Waals surface area contributed by atoms with Crippen LogP contribution < -0.4 is 14.8 Å². The number of benzene rings is 2. The third-order valence-corrected chi connectivity index (χ3v) is 5.10. The summed E-state index contributed by atoms with van der Waals surface area (Å²) in [5.41, 5.74) is 0.949. The minimum absolute atomic E-state index is 0.177. The molecule has 25 heavy (non-hydrogen) atoms. The van der Waals surface area contributed by atoms with Gasteiger partial charge >= 0.3 is 0 Å². The molecule has 0 atom stereocenters. The molecule has 4 rings (SSSR count). The van der Waals surface area contributed by atoms with Gasteiger partial charge in [0.25, 0.3) is 5.91 Å². The molecule has 1 amide bonds. The predicted octanol–water partition coefficient (Wildman–Crippen LogP) is 4.21. The first-order valence-electron chi connectivity index (χ1n) is 7.23. The van der Waals surface area contributed by atoms with Crippen LogP contribution >= 0.6 is 27.7 Å². The molecular formula is C17H10BrFN2O3S. The molecule has 1 saturated heterocycles. The lowest BCUT2D eigenvalue weighted by Gasteiger charge is -2.02. The molecule has 2 aliphatic rings. The van der Waals surface area contributed by atoms with Crippen LogP contribution in [0.5, 0.6) is 11.5 Å². The van der Waals surface area contributed by atoms with Gasteiger partial charge in [-0.1, -0.05) is 28.1 Å². The third kappa shape index (κ3) is 3.27. The number of aliphatic imine (C=N–C) groups is 1. The van der Waals surface area contributed by atoms with Gasteiger partial charge < -0.3 is 14.8 Å². The molecule has 2 aromatic rings. The quantitative estimate of drug-likeness (QED) is 0.739. The predicted molar refractivity (Wildman–Crippen MR) is 97.5 cm³/mol. The van der Waals surface area contributed by atoms with Gasteiger partial charge in [-0.2, -0.15) is 0 Å². The Morgan fingerprint density at radius 2 is 2.00 bits per heavy atom. The van der Waals surface area contributed by atoms with Crippen LogP contribution in [-0.4, -0.2) is 17.9 Å². The van der Waals surface area contributed by atoms with Crippen LogP contribution in [0.2, 0.25) is 0 Å².